The molecule has 0 radical (unpaired) electrons. The number of carbonyl (C=O) groups excluding carboxylic acids is 1. The van der Waals surface area contributed by atoms with E-state index in [2.05, 4.69) is 4.98 Å². The average Bonchev–Trinajstić information content (AvgIpc) is 2.48. The third kappa shape index (κ3) is 3.98. The first-order valence-electron chi connectivity index (χ1n) is 6.30. The number of amides is 1. The van der Waals surface area contributed by atoms with Gasteiger partial charge in [0.1, 0.15) is 5.69 Å². The lowest BCUT2D eigenvalue weighted by molar-refractivity contribution is -0.141. The molecule has 22 heavy (non-hydrogen) atoms. The maximum atomic E-state index is 12.4. The topological polar surface area (TPSA) is 33.2 Å². The number of alkyl halides is 3. The molecule has 1 aromatic carbocycles. The molecular formula is C15H12ClF3N2O. The van der Waals surface area contributed by atoms with Crippen molar-refractivity contribution in [2.75, 3.05) is 7.05 Å². The highest BCUT2D eigenvalue weighted by atomic mass is 35.5. The van der Waals surface area contributed by atoms with Crippen molar-refractivity contribution in [1.82, 2.24) is 9.88 Å². The zero-order valence-corrected chi connectivity index (χ0v) is 12.3. The van der Waals surface area contributed by atoms with Crippen molar-refractivity contribution in [3.05, 3.63) is 64.4 Å². The molecular weight excluding hydrogens is 317 g/mol. The molecule has 0 aliphatic carbocycles. The second kappa shape index (κ2) is 6.36. The summed E-state index contributed by atoms with van der Waals surface area (Å²) in [4.78, 5) is 16.8. The van der Waals surface area contributed by atoms with Crippen molar-refractivity contribution in [3.8, 4) is 0 Å². The van der Waals surface area contributed by atoms with Gasteiger partial charge in [-0.25, -0.2) is 0 Å². The highest BCUT2D eigenvalue weighted by Crippen LogP contribution is 2.27. The average molecular weight is 329 g/mol. The maximum absolute atomic E-state index is 12.4. The van der Waals surface area contributed by atoms with Crippen molar-refractivity contribution in [3.63, 3.8) is 0 Å². The number of rotatable bonds is 3. The molecule has 0 aliphatic rings. The lowest BCUT2D eigenvalue weighted by atomic mass is 10.2. The zero-order valence-electron chi connectivity index (χ0n) is 11.6. The van der Waals surface area contributed by atoms with Crippen LogP contribution in [0.25, 0.3) is 0 Å². The molecule has 2 aromatic rings. The molecule has 0 saturated heterocycles. The van der Waals surface area contributed by atoms with Gasteiger partial charge in [0.05, 0.1) is 5.56 Å². The largest absolute Gasteiger partial charge is 0.433 e. The van der Waals surface area contributed by atoms with Gasteiger partial charge in [0.15, 0.2) is 0 Å². The molecule has 7 heteroatoms. The fourth-order valence-electron chi connectivity index (χ4n) is 1.84. The first-order chi connectivity index (χ1) is 10.3. The Labute approximate surface area is 130 Å². The summed E-state index contributed by atoms with van der Waals surface area (Å²) in [5.74, 6) is -0.406. The number of aromatic nitrogens is 1. The molecule has 0 spiro atoms. The van der Waals surface area contributed by atoms with E-state index in [1.54, 1.807) is 31.3 Å². The van der Waals surface area contributed by atoms with E-state index in [0.717, 1.165) is 23.9 Å². The predicted octanol–water partition coefficient (Wildman–Crippen LogP) is 4.03. The van der Waals surface area contributed by atoms with Crippen LogP contribution in [0, 0.1) is 0 Å². The van der Waals surface area contributed by atoms with E-state index in [9.17, 15) is 18.0 Å². The number of pyridine rings is 1. The van der Waals surface area contributed by atoms with E-state index in [1.807, 2.05) is 0 Å². The van der Waals surface area contributed by atoms with Gasteiger partial charge in [-0.1, -0.05) is 23.7 Å². The Balaban J connectivity index is 2.08. The van der Waals surface area contributed by atoms with E-state index in [4.69, 9.17) is 11.6 Å². The van der Waals surface area contributed by atoms with Crippen LogP contribution in [0.2, 0.25) is 5.02 Å². The quantitative estimate of drug-likeness (QED) is 0.852. The van der Waals surface area contributed by atoms with E-state index in [0.29, 0.717) is 11.6 Å². The van der Waals surface area contributed by atoms with Crippen LogP contribution >= 0.6 is 11.6 Å². The molecule has 0 bridgehead atoms. The Morgan fingerprint density at radius 3 is 2.32 bits per heavy atom. The molecule has 0 unspecified atom stereocenters. The summed E-state index contributed by atoms with van der Waals surface area (Å²) >= 11 is 5.78. The summed E-state index contributed by atoms with van der Waals surface area (Å²) in [6.45, 7) is 0.316. The highest BCUT2D eigenvalue weighted by Gasteiger charge is 2.32. The molecule has 2 rings (SSSR count). The van der Waals surface area contributed by atoms with Crippen molar-refractivity contribution < 1.29 is 18.0 Å². The summed E-state index contributed by atoms with van der Waals surface area (Å²) in [5.41, 5.74) is -0.0611. The summed E-state index contributed by atoms with van der Waals surface area (Å²) in [6.07, 6.45) is -3.58. The smallest absolute Gasteiger partial charge is 0.337 e. The first kappa shape index (κ1) is 16.3. The second-order valence-corrected chi connectivity index (χ2v) is 5.15. The monoisotopic (exact) mass is 328 g/mol. The number of carbonyl (C=O) groups is 1. The Kier molecular flexibility index (Phi) is 4.71. The molecule has 3 nitrogen and oxygen atoms in total. The van der Waals surface area contributed by atoms with Gasteiger partial charge in [0.25, 0.3) is 5.91 Å². The summed E-state index contributed by atoms with van der Waals surface area (Å²) < 4.78 is 37.3. The minimum absolute atomic E-state index is 0.101. The van der Waals surface area contributed by atoms with Crippen LogP contribution in [-0.4, -0.2) is 22.8 Å². The standard InChI is InChI=1S/C15H12ClF3N2O/c1-21(9-10-2-5-12(16)6-3-10)14(22)11-4-7-13(20-8-11)15(17,18)19/h2-8H,9H2,1H3. The van der Waals surface area contributed by atoms with Crippen LogP contribution in [0.15, 0.2) is 42.6 Å². The molecule has 116 valence electrons. The Morgan fingerprint density at radius 2 is 1.82 bits per heavy atom. The zero-order chi connectivity index (χ0) is 16.3. The van der Waals surface area contributed by atoms with Crippen LogP contribution in [-0.2, 0) is 12.7 Å². The van der Waals surface area contributed by atoms with Crippen LogP contribution in [0.1, 0.15) is 21.6 Å². The van der Waals surface area contributed by atoms with Crippen molar-refractivity contribution in [1.29, 1.82) is 0 Å². The van der Waals surface area contributed by atoms with Gasteiger partial charge < -0.3 is 4.90 Å². The van der Waals surface area contributed by atoms with Gasteiger partial charge in [-0.05, 0) is 29.8 Å². The lowest BCUT2D eigenvalue weighted by Gasteiger charge is -2.17. The van der Waals surface area contributed by atoms with Crippen LogP contribution in [0.3, 0.4) is 0 Å². The number of hydrogen-bond acceptors (Lipinski definition) is 2. The Morgan fingerprint density at radius 1 is 1.18 bits per heavy atom. The van der Waals surface area contributed by atoms with Crippen molar-refractivity contribution in [2.45, 2.75) is 12.7 Å². The minimum Gasteiger partial charge on any atom is -0.337 e. The molecule has 1 aromatic heterocycles. The normalized spacial score (nSPS) is 11.3. The van der Waals surface area contributed by atoms with Crippen molar-refractivity contribution in [2.24, 2.45) is 0 Å². The maximum Gasteiger partial charge on any atom is 0.433 e. The van der Waals surface area contributed by atoms with Gasteiger partial charge in [-0.3, -0.25) is 9.78 Å². The molecule has 0 N–H and O–H groups in total. The number of nitrogens with zero attached hydrogens (tertiary/aromatic N) is 2. The van der Waals surface area contributed by atoms with Gasteiger partial charge in [0, 0.05) is 24.8 Å². The third-order valence-electron chi connectivity index (χ3n) is 2.98. The van der Waals surface area contributed by atoms with Crippen LogP contribution < -0.4 is 0 Å². The van der Waals surface area contributed by atoms with Crippen molar-refractivity contribution >= 4 is 17.5 Å². The van der Waals surface area contributed by atoms with Gasteiger partial charge in [-0.15, -0.1) is 0 Å². The van der Waals surface area contributed by atoms with Gasteiger partial charge >= 0.3 is 6.18 Å². The molecule has 0 atom stereocenters. The molecule has 0 aliphatic heterocycles. The molecule has 0 fully saturated rings. The fourth-order valence-corrected chi connectivity index (χ4v) is 1.97. The van der Waals surface area contributed by atoms with Gasteiger partial charge in [-0.2, -0.15) is 13.2 Å². The Hall–Kier alpha value is -2.08. The lowest BCUT2D eigenvalue weighted by Crippen LogP contribution is -2.26. The van der Waals surface area contributed by atoms with E-state index < -0.39 is 17.8 Å². The molecule has 1 amide bonds. The summed E-state index contributed by atoms with van der Waals surface area (Å²) in [6, 6.07) is 8.87. The number of hydrogen-bond donors (Lipinski definition) is 0. The Bertz CT molecular complexity index is 654. The molecule has 0 saturated carbocycles. The minimum atomic E-state index is -4.52. The van der Waals surface area contributed by atoms with Crippen LogP contribution in [0.4, 0.5) is 13.2 Å². The number of benzene rings is 1. The fraction of sp³-hybridized carbons (Fsp3) is 0.200. The molecule has 1 heterocycles. The van der Waals surface area contributed by atoms with E-state index in [1.165, 1.54) is 4.90 Å². The third-order valence-corrected chi connectivity index (χ3v) is 3.23. The van der Waals surface area contributed by atoms with E-state index in [-0.39, 0.29) is 5.56 Å². The summed E-state index contributed by atoms with van der Waals surface area (Å²) in [7, 11) is 1.56. The van der Waals surface area contributed by atoms with Crippen LogP contribution in [0.5, 0.6) is 0 Å². The number of halogens is 4. The van der Waals surface area contributed by atoms with Gasteiger partial charge in [0.2, 0.25) is 0 Å². The second-order valence-electron chi connectivity index (χ2n) is 4.72. The summed E-state index contributed by atoms with van der Waals surface area (Å²) in [5, 5.41) is 0.588. The predicted molar refractivity (Wildman–Crippen MR) is 76.5 cm³/mol. The highest BCUT2D eigenvalue weighted by molar-refractivity contribution is 6.30. The first-order valence-corrected chi connectivity index (χ1v) is 6.68. The van der Waals surface area contributed by atoms with E-state index >= 15 is 0 Å². The SMILES string of the molecule is CN(Cc1ccc(Cl)cc1)C(=O)c1ccc(C(F)(F)F)nc1.